The van der Waals surface area contributed by atoms with Gasteiger partial charge in [0.15, 0.2) is 5.75 Å². The van der Waals surface area contributed by atoms with E-state index in [1.165, 1.54) is 13.8 Å². The molecule has 18 heavy (non-hydrogen) atoms. The lowest BCUT2D eigenvalue weighted by atomic mass is 10.1. The molecule has 0 aliphatic rings. The Labute approximate surface area is 105 Å². The molecule has 0 spiro atoms. The molecule has 0 saturated heterocycles. The summed E-state index contributed by atoms with van der Waals surface area (Å²) in [5.74, 6) is -0.270. The Morgan fingerprint density at radius 1 is 1.06 bits per heavy atom. The summed E-state index contributed by atoms with van der Waals surface area (Å²) in [4.78, 5) is 22.3. The predicted octanol–water partition coefficient (Wildman–Crippen LogP) is 2.72. The normalized spacial score (nSPS) is 10.1. The molecule has 0 aliphatic heterocycles. The van der Waals surface area contributed by atoms with Crippen molar-refractivity contribution in [2.45, 2.75) is 13.8 Å². The van der Waals surface area contributed by atoms with Gasteiger partial charge in [-0.05, 0) is 11.5 Å². The van der Waals surface area contributed by atoms with E-state index in [1.54, 1.807) is 6.07 Å². The zero-order valence-electron chi connectivity index (χ0n) is 10.2. The molecule has 0 bridgehead atoms. The molecule has 1 N–H and O–H groups in total. The molecule has 4 nitrogen and oxygen atoms in total. The Hall–Kier alpha value is -2.36. The van der Waals surface area contributed by atoms with Crippen LogP contribution < -0.4 is 10.1 Å². The van der Waals surface area contributed by atoms with E-state index in [9.17, 15) is 9.59 Å². The highest BCUT2D eigenvalue weighted by Gasteiger charge is 2.11. The lowest BCUT2D eigenvalue weighted by Gasteiger charge is -2.12. The van der Waals surface area contributed by atoms with Crippen LogP contribution in [0.2, 0.25) is 0 Å². The molecule has 2 aromatic carbocycles. The number of fused-ring (bicyclic) bond motifs is 1. The van der Waals surface area contributed by atoms with Gasteiger partial charge in [0.1, 0.15) is 0 Å². The molecule has 1 amide bonds. The molecule has 0 fully saturated rings. The molecule has 0 heterocycles. The maximum Gasteiger partial charge on any atom is 0.308 e. The van der Waals surface area contributed by atoms with Gasteiger partial charge in [-0.2, -0.15) is 0 Å². The van der Waals surface area contributed by atoms with Crippen molar-refractivity contribution >= 4 is 28.3 Å². The molecule has 92 valence electrons. The van der Waals surface area contributed by atoms with Crippen LogP contribution in [-0.4, -0.2) is 11.9 Å². The summed E-state index contributed by atoms with van der Waals surface area (Å²) in [5, 5.41) is 4.51. The van der Waals surface area contributed by atoms with Gasteiger partial charge in [-0.25, -0.2) is 0 Å². The van der Waals surface area contributed by atoms with Gasteiger partial charge in [0.2, 0.25) is 5.91 Å². The molecule has 0 atom stereocenters. The Kier molecular flexibility index (Phi) is 3.28. The standard InChI is InChI=1S/C14H13NO3/c1-9(16)15-14-12-6-4-3-5-11(12)7-8-13(14)18-10(2)17/h3-8H,1-2H3,(H,15,16). The van der Waals surface area contributed by atoms with Gasteiger partial charge in [-0.15, -0.1) is 0 Å². The highest BCUT2D eigenvalue weighted by Crippen LogP contribution is 2.33. The minimum atomic E-state index is -0.420. The number of carbonyl (C=O) groups is 2. The Bertz CT molecular complexity index is 619. The maximum atomic E-state index is 11.2. The van der Waals surface area contributed by atoms with Gasteiger partial charge in [0, 0.05) is 19.2 Å². The second kappa shape index (κ2) is 4.87. The summed E-state index contributed by atoms with van der Waals surface area (Å²) in [5.41, 5.74) is 0.524. The SMILES string of the molecule is CC(=O)Nc1c(OC(C)=O)ccc2ccccc12. The van der Waals surface area contributed by atoms with Crippen LogP contribution in [0.1, 0.15) is 13.8 Å². The first-order chi connectivity index (χ1) is 8.58. The number of ether oxygens (including phenoxy) is 1. The summed E-state index contributed by atoms with van der Waals surface area (Å²) in [6, 6.07) is 11.1. The van der Waals surface area contributed by atoms with Gasteiger partial charge in [0.25, 0.3) is 0 Å². The first-order valence-electron chi connectivity index (χ1n) is 5.55. The van der Waals surface area contributed by atoms with E-state index >= 15 is 0 Å². The lowest BCUT2D eigenvalue weighted by molar-refractivity contribution is -0.131. The minimum Gasteiger partial charge on any atom is -0.424 e. The van der Waals surface area contributed by atoms with Crippen LogP contribution in [0, 0.1) is 0 Å². The smallest absolute Gasteiger partial charge is 0.308 e. The predicted molar refractivity (Wildman–Crippen MR) is 69.6 cm³/mol. The van der Waals surface area contributed by atoms with Gasteiger partial charge in [-0.3, -0.25) is 9.59 Å². The molecule has 4 heteroatoms. The van der Waals surface area contributed by atoms with Crippen molar-refractivity contribution in [3.63, 3.8) is 0 Å². The van der Waals surface area contributed by atoms with Crippen LogP contribution in [0.5, 0.6) is 5.75 Å². The molecular weight excluding hydrogens is 230 g/mol. The number of hydrogen-bond donors (Lipinski definition) is 1. The Morgan fingerprint density at radius 2 is 1.78 bits per heavy atom. The number of anilines is 1. The zero-order chi connectivity index (χ0) is 13.1. The fourth-order valence-corrected chi connectivity index (χ4v) is 1.80. The first-order valence-corrected chi connectivity index (χ1v) is 5.55. The fourth-order valence-electron chi connectivity index (χ4n) is 1.80. The minimum absolute atomic E-state index is 0.209. The molecule has 0 saturated carbocycles. The van der Waals surface area contributed by atoms with E-state index in [2.05, 4.69) is 5.32 Å². The molecule has 0 radical (unpaired) electrons. The largest absolute Gasteiger partial charge is 0.424 e. The van der Waals surface area contributed by atoms with E-state index in [1.807, 2.05) is 30.3 Å². The maximum absolute atomic E-state index is 11.2. The van der Waals surface area contributed by atoms with Crippen LogP contribution in [-0.2, 0) is 9.59 Å². The van der Waals surface area contributed by atoms with E-state index in [0.29, 0.717) is 11.4 Å². The number of esters is 1. The average molecular weight is 243 g/mol. The van der Waals surface area contributed by atoms with Crippen molar-refractivity contribution in [3.8, 4) is 5.75 Å². The molecule has 0 aromatic heterocycles. The highest BCUT2D eigenvalue weighted by molar-refractivity contribution is 6.04. The number of rotatable bonds is 2. The number of nitrogens with one attached hydrogen (secondary N) is 1. The molecular formula is C14H13NO3. The number of amides is 1. The van der Waals surface area contributed by atoms with Crippen LogP contribution in [0.15, 0.2) is 36.4 Å². The number of benzene rings is 2. The highest BCUT2D eigenvalue weighted by atomic mass is 16.5. The van der Waals surface area contributed by atoms with E-state index in [-0.39, 0.29) is 5.91 Å². The lowest BCUT2D eigenvalue weighted by Crippen LogP contribution is -2.10. The summed E-state index contributed by atoms with van der Waals surface area (Å²) in [6.07, 6.45) is 0. The third-order valence-electron chi connectivity index (χ3n) is 2.45. The van der Waals surface area contributed by atoms with Crippen molar-refractivity contribution in [1.29, 1.82) is 0 Å². The second-order valence-electron chi connectivity index (χ2n) is 3.93. The monoisotopic (exact) mass is 243 g/mol. The summed E-state index contributed by atoms with van der Waals surface area (Å²) >= 11 is 0. The fraction of sp³-hybridized carbons (Fsp3) is 0.143. The summed E-state index contributed by atoms with van der Waals surface area (Å²) in [7, 11) is 0. The van der Waals surface area contributed by atoms with E-state index in [0.717, 1.165) is 10.8 Å². The summed E-state index contributed by atoms with van der Waals surface area (Å²) < 4.78 is 5.10. The van der Waals surface area contributed by atoms with Crippen LogP contribution in [0.3, 0.4) is 0 Å². The van der Waals surface area contributed by atoms with Crippen LogP contribution in [0.25, 0.3) is 10.8 Å². The van der Waals surface area contributed by atoms with Crippen LogP contribution >= 0.6 is 0 Å². The average Bonchev–Trinajstić information content (AvgIpc) is 2.31. The topological polar surface area (TPSA) is 55.4 Å². The summed E-state index contributed by atoms with van der Waals surface area (Å²) in [6.45, 7) is 2.74. The molecule has 0 aliphatic carbocycles. The van der Waals surface area contributed by atoms with E-state index < -0.39 is 5.97 Å². The van der Waals surface area contributed by atoms with Gasteiger partial charge in [0.05, 0.1) is 5.69 Å². The number of carbonyl (C=O) groups excluding carboxylic acids is 2. The van der Waals surface area contributed by atoms with Gasteiger partial charge >= 0.3 is 5.97 Å². The van der Waals surface area contributed by atoms with E-state index in [4.69, 9.17) is 4.74 Å². The van der Waals surface area contributed by atoms with Crippen molar-refractivity contribution < 1.29 is 14.3 Å². The zero-order valence-corrected chi connectivity index (χ0v) is 10.2. The molecule has 0 unspecified atom stereocenters. The van der Waals surface area contributed by atoms with Gasteiger partial charge < -0.3 is 10.1 Å². The first kappa shape index (κ1) is 12.1. The number of hydrogen-bond acceptors (Lipinski definition) is 3. The second-order valence-corrected chi connectivity index (χ2v) is 3.93. The van der Waals surface area contributed by atoms with Crippen molar-refractivity contribution in [1.82, 2.24) is 0 Å². The Morgan fingerprint density at radius 3 is 2.44 bits per heavy atom. The quantitative estimate of drug-likeness (QED) is 0.651. The third kappa shape index (κ3) is 2.48. The Balaban J connectivity index is 2.62. The molecule has 2 aromatic rings. The van der Waals surface area contributed by atoms with Crippen molar-refractivity contribution in [2.24, 2.45) is 0 Å². The van der Waals surface area contributed by atoms with Gasteiger partial charge in [-0.1, -0.05) is 30.3 Å². The van der Waals surface area contributed by atoms with Crippen molar-refractivity contribution in [2.75, 3.05) is 5.32 Å². The third-order valence-corrected chi connectivity index (χ3v) is 2.45. The van der Waals surface area contributed by atoms with Crippen molar-refractivity contribution in [3.05, 3.63) is 36.4 Å². The van der Waals surface area contributed by atoms with Crippen LogP contribution in [0.4, 0.5) is 5.69 Å². The molecule has 2 rings (SSSR count).